The zero-order chi connectivity index (χ0) is 12.5. The molecule has 0 spiro atoms. The Balaban J connectivity index is 3.04. The second-order valence-electron chi connectivity index (χ2n) is 4.64. The number of aromatic amines is 1. The average Bonchev–Trinajstić information content (AvgIpc) is 2.56. The van der Waals surface area contributed by atoms with E-state index < -0.39 is 5.54 Å². The van der Waals surface area contributed by atoms with Crippen molar-refractivity contribution in [1.29, 1.82) is 0 Å². The van der Waals surface area contributed by atoms with Crippen LogP contribution in [0, 0.1) is 13.8 Å². The van der Waals surface area contributed by atoms with Crippen LogP contribution in [0.1, 0.15) is 35.6 Å². The molecule has 0 aliphatic carbocycles. The number of aromatic nitrogens is 2. The lowest BCUT2D eigenvalue weighted by Gasteiger charge is -2.34. The van der Waals surface area contributed by atoms with Crippen LogP contribution in [0.5, 0.6) is 0 Å². The van der Waals surface area contributed by atoms with Gasteiger partial charge in [0.15, 0.2) is 0 Å². The molecule has 1 amide bonds. The first-order valence-corrected chi connectivity index (χ1v) is 5.22. The number of H-pyrrole nitrogens is 1. The summed E-state index contributed by atoms with van der Waals surface area (Å²) >= 11 is 0. The van der Waals surface area contributed by atoms with Gasteiger partial charge in [-0.1, -0.05) is 0 Å². The van der Waals surface area contributed by atoms with Crippen molar-refractivity contribution >= 4 is 5.91 Å². The molecule has 0 unspecified atom stereocenters. The van der Waals surface area contributed by atoms with Crippen molar-refractivity contribution in [3.63, 3.8) is 0 Å². The van der Waals surface area contributed by atoms with Crippen LogP contribution in [0.4, 0.5) is 0 Å². The summed E-state index contributed by atoms with van der Waals surface area (Å²) in [6, 6.07) is 0. The topological polar surface area (TPSA) is 69.2 Å². The SMILES string of the molecule is Cc1n[nH]c(C)c1C(=O)N(C)C(C)(C)CO. The summed E-state index contributed by atoms with van der Waals surface area (Å²) in [5.41, 5.74) is 1.45. The third kappa shape index (κ3) is 2.09. The van der Waals surface area contributed by atoms with Crippen molar-refractivity contribution in [2.75, 3.05) is 13.7 Å². The molecule has 1 heterocycles. The van der Waals surface area contributed by atoms with Crippen LogP contribution >= 0.6 is 0 Å². The van der Waals surface area contributed by atoms with E-state index in [2.05, 4.69) is 10.2 Å². The molecule has 0 aliphatic heterocycles. The fourth-order valence-corrected chi connectivity index (χ4v) is 1.41. The molecule has 0 saturated carbocycles. The second-order valence-corrected chi connectivity index (χ2v) is 4.64. The quantitative estimate of drug-likeness (QED) is 0.802. The van der Waals surface area contributed by atoms with Gasteiger partial charge in [-0.3, -0.25) is 9.89 Å². The maximum Gasteiger partial charge on any atom is 0.257 e. The van der Waals surface area contributed by atoms with Gasteiger partial charge in [-0.2, -0.15) is 5.10 Å². The van der Waals surface area contributed by atoms with Gasteiger partial charge in [-0.25, -0.2) is 0 Å². The van der Waals surface area contributed by atoms with Crippen LogP contribution in [0.3, 0.4) is 0 Å². The maximum atomic E-state index is 12.2. The summed E-state index contributed by atoms with van der Waals surface area (Å²) in [6.45, 7) is 7.15. The molecular weight excluding hydrogens is 206 g/mol. The number of nitrogens with one attached hydrogen (secondary N) is 1. The largest absolute Gasteiger partial charge is 0.394 e. The summed E-state index contributed by atoms with van der Waals surface area (Å²) < 4.78 is 0. The van der Waals surface area contributed by atoms with Gasteiger partial charge in [0, 0.05) is 12.7 Å². The van der Waals surface area contributed by atoms with Gasteiger partial charge in [0.05, 0.1) is 23.4 Å². The highest BCUT2D eigenvalue weighted by molar-refractivity contribution is 5.96. The Morgan fingerprint density at radius 3 is 2.44 bits per heavy atom. The molecule has 1 aromatic heterocycles. The van der Waals surface area contributed by atoms with E-state index in [9.17, 15) is 9.90 Å². The average molecular weight is 225 g/mol. The first-order valence-electron chi connectivity index (χ1n) is 5.22. The fraction of sp³-hybridized carbons (Fsp3) is 0.636. The normalized spacial score (nSPS) is 11.6. The second kappa shape index (κ2) is 4.25. The van der Waals surface area contributed by atoms with Gasteiger partial charge >= 0.3 is 0 Å². The molecule has 2 N–H and O–H groups in total. The number of nitrogens with zero attached hydrogens (tertiary/aromatic N) is 2. The maximum absolute atomic E-state index is 12.2. The molecule has 0 fully saturated rings. The van der Waals surface area contributed by atoms with E-state index >= 15 is 0 Å². The van der Waals surface area contributed by atoms with Gasteiger partial charge in [0.2, 0.25) is 0 Å². The molecule has 0 atom stereocenters. The Labute approximate surface area is 95.5 Å². The standard InChI is InChI=1S/C11H19N3O2/c1-7-9(8(2)13-12-7)10(16)14(5)11(3,4)6-15/h15H,6H2,1-5H3,(H,12,13). The lowest BCUT2D eigenvalue weighted by Crippen LogP contribution is -2.47. The highest BCUT2D eigenvalue weighted by Crippen LogP contribution is 2.18. The summed E-state index contributed by atoms with van der Waals surface area (Å²) in [4.78, 5) is 13.7. The molecular formula is C11H19N3O2. The predicted molar refractivity (Wildman–Crippen MR) is 61.3 cm³/mol. The highest BCUT2D eigenvalue weighted by Gasteiger charge is 2.29. The van der Waals surface area contributed by atoms with Crippen molar-refractivity contribution in [1.82, 2.24) is 15.1 Å². The van der Waals surface area contributed by atoms with Crippen LogP contribution in [0.15, 0.2) is 0 Å². The summed E-state index contributed by atoms with van der Waals surface area (Å²) in [5, 5.41) is 16.0. The van der Waals surface area contributed by atoms with E-state index in [4.69, 9.17) is 0 Å². The number of rotatable bonds is 3. The first-order chi connectivity index (χ1) is 7.31. The van der Waals surface area contributed by atoms with Crippen molar-refractivity contribution < 1.29 is 9.90 Å². The Kier molecular flexibility index (Phi) is 3.38. The molecule has 5 heteroatoms. The summed E-state index contributed by atoms with van der Waals surface area (Å²) in [7, 11) is 1.68. The number of aliphatic hydroxyl groups is 1. The Morgan fingerprint density at radius 1 is 1.50 bits per heavy atom. The molecule has 90 valence electrons. The minimum atomic E-state index is -0.576. The molecule has 0 saturated heterocycles. The lowest BCUT2D eigenvalue weighted by atomic mass is 10.0. The zero-order valence-corrected chi connectivity index (χ0v) is 10.5. The predicted octanol–water partition coefficient (Wildman–Crippen LogP) is 0.869. The van der Waals surface area contributed by atoms with Gasteiger partial charge in [-0.05, 0) is 27.7 Å². The molecule has 0 bridgehead atoms. The van der Waals surface area contributed by atoms with Gasteiger partial charge < -0.3 is 10.0 Å². The van der Waals surface area contributed by atoms with Crippen LogP contribution in [0.2, 0.25) is 0 Å². The third-order valence-corrected chi connectivity index (χ3v) is 2.94. The van der Waals surface area contributed by atoms with Gasteiger partial charge in [-0.15, -0.1) is 0 Å². The molecule has 0 radical (unpaired) electrons. The van der Waals surface area contributed by atoms with E-state index in [0.717, 1.165) is 5.69 Å². The van der Waals surface area contributed by atoms with E-state index in [1.807, 2.05) is 20.8 Å². The number of likely N-dealkylation sites (N-methyl/N-ethyl adjacent to an activating group) is 1. The molecule has 16 heavy (non-hydrogen) atoms. The molecule has 1 rings (SSSR count). The Bertz CT molecular complexity index is 376. The number of carbonyl (C=O) groups is 1. The number of aryl methyl sites for hydroxylation is 2. The van der Waals surface area contributed by atoms with E-state index in [1.165, 1.54) is 4.90 Å². The Hall–Kier alpha value is -1.36. The molecule has 1 aromatic rings. The summed E-state index contributed by atoms with van der Waals surface area (Å²) in [5.74, 6) is -0.122. The lowest BCUT2D eigenvalue weighted by molar-refractivity contribution is 0.0472. The Morgan fingerprint density at radius 2 is 2.06 bits per heavy atom. The summed E-state index contributed by atoms with van der Waals surface area (Å²) in [6.07, 6.45) is 0. The third-order valence-electron chi connectivity index (χ3n) is 2.94. The van der Waals surface area contributed by atoms with Crippen LogP contribution < -0.4 is 0 Å². The smallest absolute Gasteiger partial charge is 0.257 e. The first kappa shape index (κ1) is 12.7. The van der Waals surface area contributed by atoms with Crippen molar-refractivity contribution in [2.24, 2.45) is 0 Å². The number of hydrogen-bond acceptors (Lipinski definition) is 3. The van der Waals surface area contributed by atoms with Crippen LogP contribution in [-0.4, -0.2) is 45.3 Å². The van der Waals surface area contributed by atoms with Crippen molar-refractivity contribution in [2.45, 2.75) is 33.2 Å². The van der Waals surface area contributed by atoms with Crippen molar-refractivity contribution in [3.8, 4) is 0 Å². The van der Waals surface area contributed by atoms with Crippen LogP contribution in [0.25, 0.3) is 0 Å². The molecule has 0 aliphatic rings. The van der Waals surface area contributed by atoms with Crippen LogP contribution in [-0.2, 0) is 0 Å². The molecule has 5 nitrogen and oxygen atoms in total. The number of hydrogen-bond donors (Lipinski definition) is 2. The zero-order valence-electron chi connectivity index (χ0n) is 10.5. The highest BCUT2D eigenvalue weighted by atomic mass is 16.3. The van der Waals surface area contributed by atoms with E-state index in [0.29, 0.717) is 11.3 Å². The van der Waals surface area contributed by atoms with Gasteiger partial charge in [0.1, 0.15) is 0 Å². The van der Waals surface area contributed by atoms with Crippen molar-refractivity contribution in [3.05, 3.63) is 17.0 Å². The van der Waals surface area contributed by atoms with Gasteiger partial charge in [0.25, 0.3) is 5.91 Å². The van der Waals surface area contributed by atoms with E-state index in [1.54, 1.807) is 14.0 Å². The number of amides is 1. The van der Waals surface area contributed by atoms with E-state index in [-0.39, 0.29) is 12.5 Å². The minimum absolute atomic E-state index is 0.0782. The molecule has 0 aromatic carbocycles. The number of aliphatic hydroxyl groups excluding tert-OH is 1. The fourth-order valence-electron chi connectivity index (χ4n) is 1.41. The monoisotopic (exact) mass is 225 g/mol. The number of carbonyl (C=O) groups excluding carboxylic acids is 1. The minimum Gasteiger partial charge on any atom is -0.394 e.